The molecule has 2 atom stereocenters. The molecule has 0 heterocycles. The summed E-state index contributed by atoms with van der Waals surface area (Å²) in [6.45, 7) is 9.80. The van der Waals surface area contributed by atoms with Crippen molar-refractivity contribution in [1.29, 1.82) is 0 Å². The van der Waals surface area contributed by atoms with E-state index in [9.17, 15) is 0 Å². The van der Waals surface area contributed by atoms with Gasteiger partial charge in [-0.2, -0.15) is 0 Å². The van der Waals surface area contributed by atoms with Crippen molar-refractivity contribution in [3.8, 4) is 0 Å². The average molecular weight is 238 g/mol. The summed E-state index contributed by atoms with van der Waals surface area (Å²) in [5.41, 5.74) is 0.672. The van der Waals surface area contributed by atoms with Gasteiger partial charge in [-0.25, -0.2) is 0 Å². The van der Waals surface area contributed by atoms with Crippen LogP contribution in [0, 0.1) is 17.3 Å². The minimum atomic E-state index is 0.672. The third kappa shape index (κ3) is 3.73. The van der Waals surface area contributed by atoms with Crippen molar-refractivity contribution in [1.82, 2.24) is 0 Å². The first-order valence-corrected chi connectivity index (χ1v) is 8.17. The largest absolute Gasteiger partial charge is 0.0654 e. The maximum absolute atomic E-state index is 2.54. The highest BCUT2D eigenvalue weighted by atomic mass is 14.4. The smallest absolute Gasteiger partial charge is 0.0246 e. The molecule has 0 heteroatoms. The van der Waals surface area contributed by atoms with Crippen LogP contribution in [0.2, 0.25) is 0 Å². The van der Waals surface area contributed by atoms with Crippen LogP contribution in [0.15, 0.2) is 0 Å². The Bertz CT molecular complexity index is 186. The molecule has 1 fully saturated rings. The molecule has 0 N–H and O–H groups in total. The Morgan fingerprint density at radius 1 is 0.824 bits per heavy atom. The fraction of sp³-hybridized carbons (Fsp3) is 1.00. The Morgan fingerprint density at radius 2 is 1.35 bits per heavy atom. The first kappa shape index (κ1) is 15.1. The molecule has 1 rings (SSSR count). The normalized spacial score (nSPS) is 24.7. The average Bonchev–Trinajstić information content (AvgIpc) is 2.28. The van der Waals surface area contributed by atoms with Crippen LogP contribution in [0.5, 0.6) is 0 Å². The van der Waals surface area contributed by atoms with E-state index in [1.807, 2.05) is 0 Å². The highest BCUT2D eigenvalue weighted by molar-refractivity contribution is 4.89. The highest BCUT2D eigenvalue weighted by Gasteiger charge is 2.39. The number of hydrogen-bond donors (Lipinski definition) is 0. The maximum atomic E-state index is 2.54. The molecule has 0 amide bonds. The first-order valence-electron chi connectivity index (χ1n) is 8.17. The Kier molecular flexibility index (Phi) is 6.59. The van der Waals surface area contributed by atoms with Crippen LogP contribution in [0.1, 0.15) is 91.9 Å². The predicted molar refractivity (Wildman–Crippen MR) is 78.3 cm³/mol. The van der Waals surface area contributed by atoms with Crippen molar-refractivity contribution in [2.45, 2.75) is 91.9 Å². The zero-order chi connectivity index (χ0) is 12.7. The van der Waals surface area contributed by atoms with E-state index in [0.717, 1.165) is 11.8 Å². The minimum absolute atomic E-state index is 0.672. The summed E-state index contributed by atoms with van der Waals surface area (Å²) < 4.78 is 0. The molecule has 2 unspecified atom stereocenters. The Hall–Kier alpha value is 0. The van der Waals surface area contributed by atoms with Crippen LogP contribution in [0.25, 0.3) is 0 Å². The zero-order valence-corrected chi connectivity index (χ0v) is 12.7. The molecule has 17 heavy (non-hydrogen) atoms. The second-order valence-electron chi connectivity index (χ2n) is 6.50. The van der Waals surface area contributed by atoms with Crippen LogP contribution < -0.4 is 0 Å². The van der Waals surface area contributed by atoms with E-state index in [2.05, 4.69) is 27.7 Å². The molecular weight excluding hydrogens is 204 g/mol. The Balaban J connectivity index is 2.80. The van der Waals surface area contributed by atoms with Crippen molar-refractivity contribution in [2.24, 2.45) is 17.3 Å². The first-order chi connectivity index (χ1) is 8.17. The summed E-state index contributed by atoms with van der Waals surface area (Å²) in [5, 5.41) is 0. The summed E-state index contributed by atoms with van der Waals surface area (Å²) in [4.78, 5) is 0. The van der Waals surface area contributed by atoms with E-state index in [4.69, 9.17) is 0 Å². The SMILES string of the molecule is CCCC(C)C1(C(C)CC)CCCCCCC1. The van der Waals surface area contributed by atoms with Gasteiger partial charge in [-0.05, 0) is 30.1 Å². The van der Waals surface area contributed by atoms with Gasteiger partial charge in [0.05, 0.1) is 0 Å². The quantitative estimate of drug-likeness (QED) is 0.535. The molecule has 1 saturated carbocycles. The lowest BCUT2D eigenvalue weighted by molar-refractivity contribution is 0.0454. The van der Waals surface area contributed by atoms with E-state index in [1.54, 1.807) is 0 Å². The van der Waals surface area contributed by atoms with Gasteiger partial charge in [0.15, 0.2) is 0 Å². The van der Waals surface area contributed by atoms with Gasteiger partial charge in [0.1, 0.15) is 0 Å². The summed E-state index contributed by atoms with van der Waals surface area (Å²) in [7, 11) is 0. The van der Waals surface area contributed by atoms with Crippen LogP contribution >= 0.6 is 0 Å². The molecule has 0 aromatic rings. The van der Waals surface area contributed by atoms with Crippen LogP contribution in [0.4, 0.5) is 0 Å². The van der Waals surface area contributed by atoms with Gasteiger partial charge in [-0.3, -0.25) is 0 Å². The van der Waals surface area contributed by atoms with Gasteiger partial charge >= 0.3 is 0 Å². The molecule has 0 radical (unpaired) electrons. The standard InChI is InChI=1S/C17H34/c1-5-12-16(4)17(15(3)6-2)13-10-8-7-9-11-14-17/h15-16H,5-14H2,1-4H3. The van der Waals surface area contributed by atoms with Gasteiger partial charge in [-0.1, -0.05) is 79.1 Å². The molecule has 0 spiro atoms. The predicted octanol–water partition coefficient (Wildman–Crippen LogP) is 6.20. The molecule has 102 valence electrons. The lowest BCUT2D eigenvalue weighted by Gasteiger charge is -2.45. The van der Waals surface area contributed by atoms with Crippen molar-refractivity contribution >= 4 is 0 Å². The van der Waals surface area contributed by atoms with Gasteiger partial charge in [0.2, 0.25) is 0 Å². The van der Waals surface area contributed by atoms with E-state index in [-0.39, 0.29) is 0 Å². The van der Waals surface area contributed by atoms with E-state index in [1.165, 1.54) is 64.2 Å². The fourth-order valence-corrected chi connectivity index (χ4v) is 4.16. The molecule has 0 aromatic carbocycles. The molecule has 1 aliphatic carbocycles. The van der Waals surface area contributed by atoms with E-state index in [0.29, 0.717) is 5.41 Å². The van der Waals surface area contributed by atoms with Crippen LogP contribution in [-0.2, 0) is 0 Å². The summed E-state index contributed by atoms with van der Waals surface area (Å²) >= 11 is 0. The van der Waals surface area contributed by atoms with Crippen molar-refractivity contribution in [3.63, 3.8) is 0 Å². The second kappa shape index (κ2) is 7.44. The lowest BCUT2D eigenvalue weighted by atomic mass is 9.60. The van der Waals surface area contributed by atoms with Crippen molar-refractivity contribution in [2.75, 3.05) is 0 Å². The van der Waals surface area contributed by atoms with Gasteiger partial charge in [0.25, 0.3) is 0 Å². The molecule has 0 nitrogen and oxygen atoms in total. The number of hydrogen-bond acceptors (Lipinski definition) is 0. The summed E-state index contributed by atoms with van der Waals surface area (Å²) in [6, 6.07) is 0. The minimum Gasteiger partial charge on any atom is -0.0654 e. The topological polar surface area (TPSA) is 0 Å². The molecule has 0 bridgehead atoms. The second-order valence-corrected chi connectivity index (χ2v) is 6.50. The van der Waals surface area contributed by atoms with Crippen molar-refractivity contribution in [3.05, 3.63) is 0 Å². The summed E-state index contributed by atoms with van der Waals surface area (Å²) in [6.07, 6.45) is 14.6. The van der Waals surface area contributed by atoms with Crippen LogP contribution in [0.3, 0.4) is 0 Å². The Morgan fingerprint density at radius 3 is 1.82 bits per heavy atom. The van der Waals surface area contributed by atoms with Gasteiger partial charge in [0, 0.05) is 0 Å². The summed E-state index contributed by atoms with van der Waals surface area (Å²) in [5.74, 6) is 1.85. The molecule has 0 saturated heterocycles. The molecule has 0 aliphatic heterocycles. The van der Waals surface area contributed by atoms with E-state index < -0.39 is 0 Å². The highest BCUT2D eigenvalue weighted by Crippen LogP contribution is 2.49. The molecule has 1 aliphatic rings. The van der Waals surface area contributed by atoms with Crippen molar-refractivity contribution < 1.29 is 0 Å². The third-order valence-electron chi connectivity index (χ3n) is 5.58. The lowest BCUT2D eigenvalue weighted by Crippen LogP contribution is -2.36. The van der Waals surface area contributed by atoms with Gasteiger partial charge < -0.3 is 0 Å². The van der Waals surface area contributed by atoms with E-state index >= 15 is 0 Å². The Labute approximate surface area is 110 Å². The maximum Gasteiger partial charge on any atom is -0.0246 e. The third-order valence-corrected chi connectivity index (χ3v) is 5.58. The monoisotopic (exact) mass is 238 g/mol. The van der Waals surface area contributed by atoms with Gasteiger partial charge in [-0.15, -0.1) is 0 Å². The fourth-order valence-electron chi connectivity index (χ4n) is 4.16. The number of rotatable bonds is 5. The molecular formula is C17H34. The van der Waals surface area contributed by atoms with Crippen LogP contribution in [-0.4, -0.2) is 0 Å². The zero-order valence-electron chi connectivity index (χ0n) is 12.7. The molecule has 0 aromatic heterocycles.